The van der Waals surface area contributed by atoms with Gasteiger partial charge in [-0.2, -0.15) is 13.2 Å². The van der Waals surface area contributed by atoms with Gasteiger partial charge in [-0.3, -0.25) is 4.98 Å². The maximum atomic E-state index is 12.5. The predicted molar refractivity (Wildman–Crippen MR) is 74.3 cm³/mol. The number of hydrogen-bond donors (Lipinski definition) is 0. The summed E-state index contributed by atoms with van der Waals surface area (Å²) in [6, 6.07) is 7.71. The Morgan fingerprint density at radius 3 is 2.43 bits per heavy atom. The molecule has 0 aliphatic carbocycles. The first-order valence-electron chi connectivity index (χ1n) is 5.81. The molecular weight excluding hydrogens is 305 g/mol. The van der Waals surface area contributed by atoms with E-state index >= 15 is 0 Å². The molecule has 1 aromatic carbocycles. The summed E-state index contributed by atoms with van der Waals surface area (Å²) in [7, 11) is 1.43. The number of oxime groups is 1. The molecule has 3 nitrogen and oxygen atoms in total. The van der Waals surface area contributed by atoms with Crippen LogP contribution in [-0.2, 0) is 11.0 Å². The summed E-state index contributed by atoms with van der Waals surface area (Å²) in [5.74, 6) is 0. The van der Waals surface area contributed by atoms with Crippen molar-refractivity contribution in [2.75, 3.05) is 7.11 Å². The number of rotatable bonds is 3. The summed E-state index contributed by atoms with van der Waals surface area (Å²) >= 11 is 5.88. The highest BCUT2D eigenvalue weighted by Crippen LogP contribution is 2.33. The molecule has 0 spiro atoms. The fourth-order valence-corrected chi connectivity index (χ4v) is 1.92. The molecule has 1 aromatic heterocycles. The maximum absolute atomic E-state index is 12.5. The van der Waals surface area contributed by atoms with Gasteiger partial charge in [-0.05, 0) is 11.6 Å². The van der Waals surface area contributed by atoms with Gasteiger partial charge in [0.15, 0.2) is 0 Å². The average molecular weight is 315 g/mol. The van der Waals surface area contributed by atoms with Crippen LogP contribution in [0.15, 0.2) is 41.7 Å². The molecule has 0 bridgehead atoms. The van der Waals surface area contributed by atoms with Crippen molar-refractivity contribution in [1.29, 1.82) is 0 Å². The molecule has 110 valence electrons. The van der Waals surface area contributed by atoms with E-state index in [1.165, 1.54) is 13.3 Å². The van der Waals surface area contributed by atoms with Crippen LogP contribution in [0, 0.1) is 0 Å². The van der Waals surface area contributed by atoms with Crippen molar-refractivity contribution in [3.63, 3.8) is 0 Å². The Kier molecular flexibility index (Phi) is 4.47. The third-order valence-electron chi connectivity index (χ3n) is 2.66. The lowest BCUT2D eigenvalue weighted by molar-refractivity contribution is -0.137. The number of halogens is 4. The zero-order valence-electron chi connectivity index (χ0n) is 10.9. The SMILES string of the molecule is CO/N=C/c1ccc(-c2ncc(C(F)(F)F)cc2Cl)cc1. The van der Waals surface area contributed by atoms with E-state index in [9.17, 15) is 13.2 Å². The largest absolute Gasteiger partial charge is 0.417 e. The van der Waals surface area contributed by atoms with Gasteiger partial charge in [-0.15, -0.1) is 0 Å². The third kappa shape index (κ3) is 3.72. The summed E-state index contributed by atoms with van der Waals surface area (Å²) in [5, 5.41) is 3.56. The lowest BCUT2D eigenvalue weighted by atomic mass is 10.1. The molecule has 0 saturated heterocycles. The second kappa shape index (κ2) is 6.13. The van der Waals surface area contributed by atoms with Gasteiger partial charge in [-0.1, -0.05) is 41.0 Å². The quantitative estimate of drug-likeness (QED) is 0.621. The highest BCUT2D eigenvalue weighted by atomic mass is 35.5. The average Bonchev–Trinajstić information content (AvgIpc) is 2.45. The minimum Gasteiger partial charge on any atom is -0.399 e. The molecule has 0 unspecified atom stereocenters. The second-order valence-corrected chi connectivity index (χ2v) is 4.50. The molecular formula is C14H10ClF3N2O. The van der Waals surface area contributed by atoms with E-state index in [0.717, 1.165) is 17.8 Å². The third-order valence-corrected chi connectivity index (χ3v) is 2.95. The Bertz CT molecular complexity index is 654. The van der Waals surface area contributed by atoms with Crippen LogP contribution in [0.5, 0.6) is 0 Å². The fraction of sp³-hybridized carbons (Fsp3) is 0.143. The summed E-state index contributed by atoms with van der Waals surface area (Å²) in [5.41, 5.74) is 0.812. The molecule has 0 amide bonds. The van der Waals surface area contributed by atoms with Crippen LogP contribution in [-0.4, -0.2) is 18.3 Å². The number of nitrogens with zero attached hydrogens (tertiary/aromatic N) is 2. The Morgan fingerprint density at radius 2 is 1.90 bits per heavy atom. The molecule has 0 radical (unpaired) electrons. The molecule has 2 aromatic rings. The molecule has 0 aliphatic heterocycles. The van der Waals surface area contributed by atoms with Crippen molar-refractivity contribution in [1.82, 2.24) is 4.98 Å². The molecule has 2 rings (SSSR count). The highest BCUT2D eigenvalue weighted by molar-refractivity contribution is 6.33. The van der Waals surface area contributed by atoms with Crippen molar-refractivity contribution in [2.45, 2.75) is 6.18 Å². The van der Waals surface area contributed by atoms with Crippen molar-refractivity contribution in [2.24, 2.45) is 5.16 Å². The van der Waals surface area contributed by atoms with Gasteiger partial charge in [0.25, 0.3) is 0 Å². The van der Waals surface area contributed by atoms with Gasteiger partial charge in [0, 0.05) is 11.8 Å². The highest BCUT2D eigenvalue weighted by Gasteiger charge is 2.31. The smallest absolute Gasteiger partial charge is 0.399 e. The minimum atomic E-state index is -4.46. The summed E-state index contributed by atoms with van der Waals surface area (Å²) in [6.45, 7) is 0. The van der Waals surface area contributed by atoms with Gasteiger partial charge in [0.2, 0.25) is 0 Å². The van der Waals surface area contributed by atoms with Gasteiger partial charge in [0.05, 0.1) is 22.5 Å². The predicted octanol–water partition coefficient (Wildman–Crippen LogP) is 4.40. The molecule has 1 heterocycles. The number of benzene rings is 1. The molecule has 0 N–H and O–H groups in total. The van der Waals surface area contributed by atoms with E-state index in [-0.39, 0.29) is 5.02 Å². The first-order valence-corrected chi connectivity index (χ1v) is 6.19. The Morgan fingerprint density at radius 1 is 1.24 bits per heavy atom. The number of hydrogen-bond acceptors (Lipinski definition) is 3. The van der Waals surface area contributed by atoms with Crippen LogP contribution in [0.2, 0.25) is 5.02 Å². The summed E-state index contributed by atoms with van der Waals surface area (Å²) < 4.78 is 37.6. The van der Waals surface area contributed by atoms with Crippen molar-refractivity contribution >= 4 is 17.8 Å². The molecule has 21 heavy (non-hydrogen) atoms. The first-order chi connectivity index (χ1) is 9.91. The maximum Gasteiger partial charge on any atom is 0.417 e. The molecule has 0 fully saturated rings. The first kappa shape index (κ1) is 15.3. The minimum absolute atomic E-state index is 0.0527. The molecule has 7 heteroatoms. The monoisotopic (exact) mass is 314 g/mol. The second-order valence-electron chi connectivity index (χ2n) is 4.09. The van der Waals surface area contributed by atoms with Gasteiger partial charge in [0.1, 0.15) is 7.11 Å². The van der Waals surface area contributed by atoms with E-state index in [2.05, 4.69) is 15.0 Å². The topological polar surface area (TPSA) is 34.5 Å². The van der Waals surface area contributed by atoms with Crippen LogP contribution < -0.4 is 0 Å². The van der Waals surface area contributed by atoms with Gasteiger partial charge in [-0.25, -0.2) is 0 Å². The lowest BCUT2D eigenvalue weighted by Crippen LogP contribution is -2.05. The molecule has 0 atom stereocenters. The van der Waals surface area contributed by atoms with E-state index in [1.54, 1.807) is 24.3 Å². The number of pyridine rings is 1. The van der Waals surface area contributed by atoms with E-state index in [1.807, 2.05) is 0 Å². The van der Waals surface area contributed by atoms with Crippen molar-refractivity contribution in [3.8, 4) is 11.3 Å². The Labute approximate surface area is 124 Å². The fourth-order valence-electron chi connectivity index (χ4n) is 1.65. The summed E-state index contributed by atoms with van der Waals surface area (Å²) in [4.78, 5) is 8.35. The van der Waals surface area contributed by atoms with E-state index in [0.29, 0.717) is 11.3 Å². The van der Waals surface area contributed by atoms with Crippen LogP contribution in [0.25, 0.3) is 11.3 Å². The van der Waals surface area contributed by atoms with E-state index < -0.39 is 11.7 Å². The normalized spacial score (nSPS) is 11.9. The standard InChI is InChI=1S/C14H10ClF3N2O/c1-21-20-7-9-2-4-10(5-3-9)13-12(15)6-11(8-19-13)14(16,17)18/h2-8H,1H3/b20-7+. The molecule has 0 aliphatic rings. The zero-order valence-corrected chi connectivity index (χ0v) is 11.6. The van der Waals surface area contributed by atoms with Crippen LogP contribution in [0.4, 0.5) is 13.2 Å². The Hall–Kier alpha value is -2.08. The van der Waals surface area contributed by atoms with Crippen molar-refractivity contribution < 1.29 is 18.0 Å². The zero-order chi connectivity index (χ0) is 15.5. The van der Waals surface area contributed by atoms with Crippen LogP contribution in [0.1, 0.15) is 11.1 Å². The number of alkyl halides is 3. The lowest BCUT2D eigenvalue weighted by Gasteiger charge is -2.09. The van der Waals surface area contributed by atoms with E-state index in [4.69, 9.17) is 11.6 Å². The van der Waals surface area contributed by atoms with Crippen LogP contribution >= 0.6 is 11.6 Å². The number of aromatic nitrogens is 1. The summed E-state index contributed by atoms with van der Waals surface area (Å²) in [6.07, 6.45) is -2.19. The van der Waals surface area contributed by atoms with Crippen LogP contribution in [0.3, 0.4) is 0 Å². The Balaban J connectivity index is 2.32. The van der Waals surface area contributed by atoms with Crippen molar-refractivity contribution in [3.05, 3.63) is 52.7 Å². The van der Waals surface area contributed by atoms with Gasteiger partial charge < -0.3 is 4.84 Å². The van der Waals surface area contributed by atoms with Gasteiger partial charge >= 0.3 is 6.18 Å². The molecule has 0 saturated carbocycles.